The van der Waals surface area contributed by atoms with Gasteiger partial charge in [0.2, 0.25) is 0 Å². The van der Waals surface area contributed by atoms with Crippen molar-refractivity contribution in [1.82, 2.24) is 4.57 Å². The molecular weight excluding hydrogens is 452 g/mol. The first-order valence-electron chi connectivity index (χ1n) is 10.8. The highest BCUT2D eigenvalue weighted by molar-refractivity contribution is 6.30. The number of pyridine rings is 1. The normalized spacial score (nSPS) is 11.7. The van der Waals surface area contributed by atoms with Crippen molar-refractivity contribution in [1.29, 1.82) is 0 Å². The van der Waals surface area contributed by atoms with Gasteiger partial charge >= 0.3 is 5.97 Å². The van der Waals surface area contributed by atoms with Gasteiger partial charge in [0.15, 0.2) is 6.10 Å². The third-order valence-electron chi connectivity index (χ3n) is 5.58. The minimum atomic E-state index is -1.05. The second kappa shape index (κ2) is 9.93. The van der Waals surface area contributed by atoms with Crippen molar-refractivity contribution in [3.63, 3.8) is 0 Å². The van der Waals surface area contributed by atoms with Gasteiger partial charge in [0.25, 0.3) is 11.5 Å². The molecule has 0 spiro atoms. The summed E-state index contributed by atoms with van der Waals surface area (Å²) >= 11 is 5.90. The van der Waals surface area contributed by atoms with Gasteiger partial charge < -0.3 is 14.6 Å². The summed E-state index contributed by atoms with van der Waals surface area (Å²) in [6.45, 7) is 1.75. The molecule has 0 radical (unpaired) electrons. The van der Waals surface area contributed by atoms with Crippen molar-refractivity contribution in [2.45, 2.75) is 19.4 Å². The van der Waals surface area contributed by atoms with Crippen LogP contribution in [0.1, 0.15) is 23.8 Å². The van der Waals surface area contributed by atoms with Gasteiger partial charge in [-0.2, -0.15) is 0 Å². The number of hydrogen-bond acceptors (Lipinski definition) is 4. The van der Waals surface area contributed by atoms with Crippen LogP contribution in [0.2, 0.25) is 5.02 Å². The van der Waals surface area contributed by atoms with Crippen LogP contribution >= 0.6 is 11.6 Å². The zero-order valence-electron chi connectivity index (χ0n) is 18.7. The van der Waals surface area contributed by atoms with Crippen LogP contribution in [0.5, 0.6) is 0 Å². The second-order valence-corrected chi connectivity index (χ2v) is 8.23. The molecule has 1 aromatic heterocycles. The Morgan fingerprint density at radius 1 is 0.941 bits per heavy atom. The van der Waals surface area contributed by atoms with Crippen molar-refractivity contribution in [2.24, 2.45) is 7.05 Å². The minimum absolute atomic E-state index is 0.0904. The molecule has 1 heterocycles. The molecule has 0 bridgehead atoms. The average Bonchev–Trinajstić information content (AvgIpc) is 2.86. The smallest absolute Gasteiger partial charge is 0.356 e. The molecule has 0 fully saturated rings. The number of amides is 1. The summed E-state index contributed by atoms with van der Waals surface area (Å²) in [4.78, 5) is 39.3. The number of fused-ring (bicyclic) bond motifs is 1. The van der Waals surface area contributed by atoms with Crippen LogP contribution in [-0.2, 0) is 16.6 Å². The number of esters is 1. The van der Waals surface area contributed by atoms with Crippen LogP contribution in [0.4, 0.5) is 5.69 Å². The molecule has 4 aromatic rings. The molecule has 0 aliphatic carbocycles. The number of benzene rings is 3. The predicted molar refractivity (Wildman–Crippen MR) is 134 cm³/mol. The topological polar surface area (TPSA) is 77.4 Å². The summed E-state index contributed by atoms with van der Waals surface area (Å²) in [5.74, 6) is -1.22. The third-order valence-corrected chi connectivity index (χ3v) is 5.84. The lowest BCUT2D eigenvalue weighted by Gasteiger charge is -2.20. The Hall–Kier alpha value is -3.90. The minimum Gasteiger partial charge on any atom is -0.448 e. The van der Waals surface area contributed by atoms with Gasteiger partial charge in [-0.1, -0.05) is 67.1 Å². The van der Waals surface area contributed by atoms with Crippen LogP contribution in [0.3, 0.4) is 0 Å². The fourth-order valence-electron chi connectivity index (χ4n) is 3.86. The number of anilines is 1. The summed E-state index contributed by atoms with van der Waals surface area (Å²) in [6.07, 6.45) is -0.790. The molecule has 0 aliphatic rings. The molecule has 0 saturated heterocycles. The van der Waals surface area contributed by atoms with E-state index in [0.717, 1.165) is 5.56 Å². The first kappa shape index (κ1) is 23.3. The zero-order valence-corrected chi connectivity index (χ0v) is 19.5. The largest absolute Gasteiger partial charge is 0.448 e. The van der Waals surface area contributed by atoms with Gasteiger partial charge in [-0.25, -0.2) is 4.79 Å². The molecule has 0 saturated carbocycles. The zero-order chi connectivity index (χ0) is 24.2. The number of nitrogens with zero attached hydrogens (tertiary/aromatic N) is 1. The lowest BCUT2D eigenvalue weighted by atomic mass is 9.97. The molecule has 1 atom stereocenters. The number of rotatable bonds is 6. The van der Waals surface area contributed by atoms with Crippen LogP contribution < -0.4 is 10.9 Å². The lowest BCUT2D eigenvalue weighted by Crippen LogP contribution is -2.34. The maximum atomic E-state index is 13.4. The van der Waals surface area contributed by atoms with Crippen LogP contribution in [0.15, 0.2) is 83.7 Å². The van der Waals surface area contributed by atoms with E-state index in [1.165, 1.54) is 11.6 Å². The fraction of sp³-hybridized carbons (Fsp3) is 0.148. The Kier molecular flexibility index (Phi) is 6.80. The lowest BCUT2D eigenvalue weighted by molar-refractivity contribution is -0.124. The Balaban J connectivity index is 1.74. The van der Waals surface area contributed by atoms with E-state index in [0.29, 0.717) is 27.0 Å². The van der Waals surface area contributed by atoms with E-state index in [2.05, 4.69) is 5.32 Å². The molecule has 7 heteroatoms. The Bertz CT molecular complexity index is 1410. The van der Waals surface area contributed by atoms with E-state index in [9.17, 15) is 14.4 Å². The van der Waals surface area contributed by atoms with Crippen molar-refractivity contribution in [3.05, 3.63) is 99.9 Å². The number of ether oxygens (including phenoxy) is 1. The molecule has 3 aromatic carbocycles. The first-order chi connectivity index (χ1) is 16.4. The number of halogens is 1. The van der Waals surface area contributed by atoms with E-state index < -0.39 is 18.0 Å². The predicted octanol–water partition coefficient (Wildman–Crippen LogP) is 5.43. The van der Waals surface area contributed by atoms with Crippen LogP contribution in [0, 0.1) is 0 Å². The number of nitrogens with one attached hydrogen (secondary N) is 1. The summed E-state index contributed by atoms with van der Waals surface area (Å²) in [7, 11) is 1.53. The monoisotopic (exact) mass is 474 g/mol. The summed E-state index contributed by atoms with van der Waals surface area (Å²) in [5, 5.41) is 4.41. The summed E-state index contributed by atoms with van der Waals surface area (Å²) in [5.41, 5.74) is 1.65. The summed E-state index contributed by atoms with van der Waals surface area (Å²) in [6, 6.07) is 23.1. The van der Waals surface area contributed by atoms with Gasteiger partial charge in [-0.05, 0) is 47.7 Å². The van der Waals surface area contributed by atoms with E-state index >= 15 is 0 Å². The standard InChI is InChI=1S/C27H23ClN2O4/c1-3-22(25(31)29-19-15-13-18(28)14-16-19)34-27(33)24-23(17-9-5-4-6-10-17)20-11-7-8-12-21(20)26(32)30(24)2/h4-16,22H,3H2,1-2H3,(H,29,31). The van der Waals surface area contributed by atoms with Crippen molar-refractivity contribution in [2.75, 3.05) is 5.32 Å². The quantitative estimate of drug-likeness (QED) is 0.378. The number of aromatic nitrogens is 1. The maximum absolute atomic E-state index is 13.4. The number of carbonyl (C=O) groups is 2. The van der Waals surface area contributed by atoms with E-state index in [1.54, 1.807) is 49.4 Å². The van der Waals surface area contributed by atoms with E-state index in [-0.39, 0.29) is 17.7 Å². The first-order valence-corrected chi connectivity index (χ1v) is 11.2. The molecule has 0 aliphatic heterocycles. The molecule has 1 unspecified atom stereocenters. The van der Waals surface area contributed by atoms with Gasteiger partial charge in [-0.15, -0.1) is 0 Å². The second-order valence-electron chi connectivity index (χ2n) is 7.80. The highest BCUT2D eigenvalue weighted by atomic mass is 35.5. The number of carbonyl (C=O) groups excluding carboxylic acids is 2. The molecular formula is C27H23ClN2O4. The highest BCUT2D eigenvalue weighted by Gasteiger charge is 2.27. The Labute approximate surface area is 201 Å². The maximum Gasteiger partial charge on any atom is 0.356 e. The molecule has 34 heavy (non-hydrogen) atoms. The van der Waals surface area contributed by atoms with E-state index in [1.807, 2.05) is 36.4 Å². The van der Waals surface area contributed by atoms with Crippen molar-refractivity contribution in [3.8, 4) is 11.1 Å². The highest BCUT2D eigenvalue weighted by Crippen LogP contribution is 2.31. The SMILES string of the molecule is CCC(OC(=O)c1c(-c2ccccc2)c2ccccc2c(=O)n1C)C(=O)Nc1ccc(Cl)cc1. The third kappa shape index (κ3) is 4.58. The average molecular weight is 475 g/mol. The molecule has 6 nitrogen and oxygen atoms in total. The summed E-state index contributed by atoms with van der Waals surface area (Å²) < 4.78 is 6.94. The van der Waals surface area contributed by atoms with Crippen LogP contribution in [-0.4, -0.2) is 22.5 Å². The van der Waals surface area contributed by atoms with Gasteiger partial charge in [0, 0.05) is 28.7 Å². The molecule has 1 amide bonds. The molecule has 1 N–H and O–H groups in total. The van der Waals surface area contributed by atoms with Crippen molar-refractivity contribution >= 4 is 39.9 Å². The van der Waals surface area contributed by atoms with Crippen molar-refractivity contribution < 1.29 is 14.3 Å². The van der Waals surface area contributed by atoms with E-state index in [4.69, 9.17) is 16.3 Å². The molecule has 172 valence electrons. The molecule has 4 rings (SSSR count). The number of hydrogen-bond donors (Lipinski definition) is 1. The van der Waals surface area contributed by atoms with Gasteiger partial charge in [-0.3, -0.25) is 9.59 Å². The fourth-order valence-corrected chi connectivity index (χ4v) is 3.99. The Morgan fingerprint density at radius 3 is 2.21 bits per heavy atom. The van der Waals surface area contributed by atoms with Crippen LogP contribution in [0.25, 0.3) is 21.9 Å². The van der Waals surface area contributed by atoms with Gasteiger partial charge in [0.1, 0.15) is 5.69 Å². The Morgan fingerprint density at radius 2 is 1.56 bits per heavy atom. The van der Waals surface area contributed by atoms with Gasteiger partial charge in [0.05, 0.1) is 0 Å².